The second-order valence-corrected chi connectivity index (χ2v) is 17.0. The molecule has 12 nitrogen and oxygen atoms in total. The zero-order valence-electron chi connectivity index (χ0n) is 36.9. The molecule has 2 aromatic carbocycles. The minimum absolute atomic E-state index is 0.00339. The Morgan fingerprint density at radius 2 is 1.26 bits per heavy atom. The quantitative estimate of drug-likeness (QED) is 0.0277. The number of amides is 1. The number of nitrogens with one attached hydrogen (secondary N) is 1. The van der Waals surface area contributed by atoms with Gasteiger partial charge in [-0.2, -0.15) is 0 Å². The van der Waals surface area contributed by atoms with Gasteiger partial charge in [0.2, 0.25) is 5.91 Å². The second-order valence-electron chi connectivity index (χ2n) is 17.0. The van der Waals surface area contributed by atoms with Crippen molar-refractivity contribution >= 4 is 11.7 Å². The summed E-state index contributed by atoms with van der Waals surface area (Å²) in [5.41, 5.74) is 2.31. The fourth-order valence-electron chi connectivity index (χ4n) is 7.84. The lowest BCUT2D eigenvalue weighted by Crippen LogP contribution is -2.60. The molecule has 1 fully saturated rings. The third-order valence-corrected chi connectivity index (χ3v) is 11.7. The van der Waals surface area contributed by atoms with Crippen LogP contribution in [-0.4, -0.2) is 111 Å². The minimum atomic E-state index is -1.63. The second kappa shape index (κ2) is 32.0. The molecule has 2 aromatic rings. The van der Waals surface area contributed by atoms with Gasteiger partial charge in [-0.3, -0.25) is 9.59 Å². The number of unbranched alkanes of at least 4 members (excludes halogenated alkanes) is 18. The molecule has 7 N–H and O–H groups in total. The molecule has 0 saturated carbocycles. The van der Waals surface area contributed by atoms with Crippen molar-refractivity contribution in [3.63, 3.8) is 0 Å². The Hall–Kier alpha value is -2.78. The van der Waals surface area contributed by atoms with E-state index in [1.54, 1.807) is 0 Å². The molecule has 1 aliphatic rings. The Bertz CT molecular complexity index is 1430. The Morgan fingerprint density at radius 3 is 1.89 bits per heavy atom. The molecule has 12 heteroatoms. The van der Waals surface area contributed by atoms with Crippen LogP contribution in [0.3, 0.4) is 0 Å². The van der Waals surface area contributed by atoms with Crippen LogP contribution >= 0.6 is 0 Å². The van der Waals surface area contributed by atoms with E-state index in [1.165, 1.54) is 51.4 Å². The summed E-state index contributed by atoms with van der Waals surface area (Å²) >= 11 is 0. The average Bonchev–Trinajstić information content (AvgIpc) is 3.28. The van der Waals surface area contributed by atoms with E-state index < -0.39 is 55.6 Å². The molecule has 0 radical (unpaired) electrons. The average molecular weight is 858 g/mol. The summed E-state index contributed by atoms with van der Waals surface area (Å²) in [7, 11) is 0. The van der Waals surface area contributed by atoms with Gasteiger partial charge >= 0.3 is 0 Å². The number of rotatable bonds is 35. The van der Waals surface area contributed by atoms with Gasteiger partial charge < -0.3 is 50.2 Å². The van der Waals surface area contributed by atoms with E-state index in [-0.39, 0.29) is 24.7 Å². The van der Waals surface area contributed by atoms with Gasteiger partial charge in [0, 0.05) is 24.2 Å². The lowest BCUT2D eigenvalue weighted by Gasteiger charge is -2.40. The van der Waals surface area contributed by atoms with Crippen molar-refractivity contribution in [1.82, 2.24) is 5.32 Å². The van der Waals surface area contributed by atoms with Gasteiger partial charge in [-0.1, -0.05) is 171 Å². The van der Waals surface area contributed by atoms with E-state index in [0.717, 1.165) is 76.2 Å². The molecule has 1 amide bonds. The molecule has 346 valence electrons. The first-order valence-corrected chi connectivity index (χ1v) is 23.5. The lowest BCUT2D eigenvalue weighted by molar-refractivity contribution is -0.303. The summed E-state index contributed by atoms with van der Waals surface area (Å²) in [6.07, 6.45) is 12.7. The highest BCUT2D eigenvalue weighted by Gasteiger charge is 2.44. The number of benzene rings is 2. The Balaban J connectivity index is 1.30. The van der Waals surface area contributed by atoms with Crippen molar-refractivity contribution in [3.05, 3.63) is 71.3 Å². The highest BCUT2D eigenvalue weighted by molar-refractivity contribution is 6.09. The first-order chi connectivity index (χ1) is 29.7. The fraction of sp³-hybridized carbons (Fsp3) is 0.714. The summed E-state index contributed by atoms with van der Waals surface area (Å²) in [5, 5.41) is 65.2. The monoisotopic (exact) mass is 858 g/mol. The van der Waals surface area contributed by atoms with Gasteiger partial charge in [0.05, 0.1) is 32.0 Å². The molecule has 0 spiro atoms. The maximum atomic E-state index is 13.0. The predicted octanol–water partition coefficient (Wildman–Crippen LogP) is 7.06. The zero-order valence-corrected chi connectivity index (χ0v) is 36.9. The van der Waals surface area contributed by atoms with Crippen molar-refractivity contribution in [1.29, 1.82) is 0 Å². The lowest BCUT2D eigenvalue weighted by atomic mass is 9.98. The van der Waals surface area contributed by atoms with Crippen molar-refractivity contribution in [2.45, 2.75) is 204 Å². The number of ether oxygens (including phenoxy) is 3. The van der Waals surface area contributed by atoms with Crippen LogP contribution in [0.15, 0.2) is 54.6 Å². The summed E-state index contributed by atoms with van der Waals surface area (Å²) in [6, 6.07) is 15.8. The van der Waals surface area contributed by atoms with Crippen LogP contribution in [0.25, 0.3) is 0 Å². The van der Waals surface area contributed by atoms with Crippen LogP contribution in [0.2, 0.25) is 0 Å². The highest BCUT2D eigenvalue weighted by Crippen LogP contribution is 2.23. The maximum Gasteiger partial charge on any atom is 0.220 e. The first kappa shape index (κ1) is 52.6. The van der Waals surface area contributed by atoms with E-state index in [1.807, 2.05) is 54.6 Å². The normalized spacial score (nSPS) is 20.6. The zero-order chi connectivity index (χ0) is 44.1. The number of carbonyl (C=O) groups is 2. The molecule has 8 atom stereocenters. The number of ketones is 1. The van der Waals surface area contributed by atoms with Crippen molar-refractivity contribution in [2.75, 3.05) is 19.8 Å². The smallest absolute Gasteiger partial charge is 0.220 e. The fourth-order valence-corrected chi connectivity index (χ4v) is 7.84. The standard InChI is InChI=1S/C49H79NO11/c1-2-3-4-5-6-7-8-9-10-13-16-22-30-41(52)45(55)40(36-60-49-48(58)47(57)46(56)42(34-51)61-49)50-43(53)31-23-17-14-11-12-15-18-24-32-59-35-37-26-25-29-39(33-37)44(54)38-27-20-19-21-28-38/h19-21,25-29,33,40-42,45-49,51-52,55-58H,2-18,22-24,30-32,34-36H2,1H3,(H,50,53)/t40-,41+,42+,45-,46-,47-,48+,49-/m0/s1. The molecule has 61 heavy (non-hydrogen) atoms. The Labute approximate surface area is 365 Å². The van der Waals surface area contributed by atoms with Crippen molar-refractivity contribution in [2.24, 2.45) is 0 Å². The molecule has 1 heterocycles. The van der Waals surface area contributed by atoms with Crippen molar-refractivity contribution in [3.8, 4) is 0 Å². The largest absolute Gasteiger partial charge is 0.394 e. The van der Waals surface area contributed by atoms with E-state index >= 15 is 0 Å². The summed E-state index contributed by atoms with van der Waals surface area (Å²) in [6.45, 7) is 2.41. The first-order valence-electron chi connectivity index (χ1n) is 23.5. The number of aliphatic hydroxyl groups excluding tert-OH is 6. The third-order valence-electron chi connectivity index (χ3n) is 11.7. The van der Waals surface area contributed by atoms with Gasteiger partial charge in [-0.15, -0.1) is 0 Å². The van der Waals surface area contributed by atoms with E-state index in [2.05, 4.69) is 12.2 Å². The molecule has 0 aliphatic carbocycles. The topological polar surface area (TPSA) is 195 Å². The van der Waals surface area contributed by atoms with Crippen molar-refractivity contribution < 1.29 is 54.4 Å². The molecule has 0 bridgehead atoms. The van der Waals surface area contributed by atoms with Gasteiger partial charge in [-0.25, -0.2) is 0 Å². The third kappa shape index (κ3) is 21.0. The van der Waals surface area contributed by atoms with Crippen LogP contribution in [0.5, 0.6) is 0 Å². The van der Waals surface area contributed by atoms with Gasteiger partial charge in [0.15, 0.2) is 12.1 Å². The van der Waals surface area contributed by atoms with Gasteiger partial charge in [0.1, 0.15) is 30.5 Å². The number of hydrogen-bond acceptors (Lipinski definition) is 11. The molecule has 1 aliphatic heterocycles. The van der Waals surface area contributed by atoms with Crippen LogP contribution in [-0.2, 0) is 25.6 Å². The molecule has 1 saturated heterocycles. The summed E-state index contributed by atoms with van der Waals surface area (Å²) < 4.78 is 17.0. The van der Waals surface area contributed by atoms with E-state index in [9.17, 15) is 40.2 Å². The Kier molecular flexibility index (Phi) is 27.5. The molecule has 0 unspecified atom stereocenters. The van der Waals surface area contributed by atoms with Crippen LogP contribution < -0.4 is 5.32 Å². The number of aliphatic hydroxyl groups is 6. The SMILES string of the molecule is CCCCCCCCCCCCCC[C@@H](O)[C@@H](O)[C@H](CO[C@H]1O[C@H](CO)[C@H](O)[C@H](O)[C@H]1O)NC(=O)CCCCCCCCCCOCc1cccc(C(=O)c2ccccc2)c1. The maximum absolute atomic E-state index is 13.0. The van der Waals surface area contributed by atoms with Crippen LogP contribution in [0.1, 0.15) is 170 Å². The van der Waals surface area contributed by atoms with Crippen LogP contribution in [0, 0.1) is 0 Å². The van der Waals surface area contributed by atoms with Crippen LogP contribution in [0.4, 0.5) is 0 Å². The van der Waals surface area contributed by atoms with Gasteiger partial charge in [0.25, 0.3) is 0 Å². The Morgan fingerprint density at radius 1 is 0.689 bits per heavy atom. The highest BCUT2D eigenvalue weighted by atomic mass is 16.7. The molecular weight excluding hydrogens is 779 g/mol. The summed E-state index contributed by atoms with van der Waals surface area (Å²) in [5.74, 6) is -0.294. The molecular formula is C49H79NO11. The molecule has 0 aromatic heterocycles. The van der Waals surface area contributed by atoms with Gasteiger partial charge in [-0.05, 0) is 30.9 Å². The minimum Gasteiger partial charge on any atom is -0.394 e. The van der Waals surface area contributed by atoms with E-state index in [4.69, 9.17) is 14.2 Å². The number of hydrogen-bond donors (Lipinski definition) is 7. The predicted molar refractivity (Wildman–Crippen MR) is 237 cm³/mol. The molecule has 3 rings (SSSR count). The summed E-state index contributed by atoms with van der Waals surface area (Å²) in [4.78, 5) is 25.8. The van der Waals surface area contributed by atoms with E-state index in [0.29, 0.717) is 37.2 Å². The number of carbonyl (C=O) groups excluding carboxylic acids is 2.